The fourth-order valence-electron chi connectivity index (χ4n) is 2.79. The van der Waals surface area contributed by atoms with Gasteiger partial charge in [-0.1, -0.05) is 29.8 Å². The van der Waals surface area contributed by atoms with E-state index in [1.165, 1.54) is 15.8 Å². The van der Waals surface area contributed by atoms with Gasteiger partial charge in [0.25, 0.3) is 5.91 Å². The van der Waals surface area contributed by atoms with E-state index < -0.39 is 24.1 Å². The fourth-order valence-corrected chi connectivity index (χ4v) is 3.01. The lowest BCUT2D eigenvalue weighted by atomic mass is 10.1. The first kappa shape index (κ1) is 16.4. The Morgan fingerprint density at radius 1 is 1.38 bits per heavy atom. The molecular weight excluding hydrogens is 337 g/mol. The van der Waals surface area contributed by atoms with Crippen molar-refractivity contribution in [3.8, 4) is 11.3 Å². The molecule has 8 heteroatoms. The monoisotopic (exact) mass is 351 g/mol. The van der Waals surface area contributed by atoms with Gasteiger partial charge < -0.3 is 10.0 Å². The van der Waals surface area contributed by atoms with Crippen molar-refractivity contribution < 1.29 is 19.1 Å². The van der Waals surface area contributed by atoms with Gasteiger partial charge in [-0.15, -0.1) is 0 Å². The van der Waals surface area contributed by atoms with Crippen molar-refractivity contribution >= 4 is 23.5 Å². The van der Waals surface area contributed by atoms with E-state index >= 15 is 0 Å². The Balaban J connectivity index is 1.95. The van der Waals surface area contributed by atoms with Crippen molar-refractivity contribution in [2.24, 2.45) is 7.05 Å². The van der Waals surface area contributed by atoms with Crippen LogP contribution in [0.3, 0.4) is 0 Å². The maximum absolute atomic E-state index is 14.2. The maximum atomic E-state index is 14.2. The molecule has 0 saturated carbocycles. The predicted octanol–water partition coefficient (Wildman–Crippen LogP) is 2.38. The summed E-state index contributed by atoms with van der Waals surface area (Å²) in [4.78, 5) is 25.0. The quantitative estimate of drug-likeness (QED) is 0.921. The molecule has 126 valence electrons. The Morgan fingerprint density at radius 2 is 2.08 bits per heavy atom. The predicted molar refractivity (Wildman–Crippen MR) is 85.6 cm³/mol. The molecule has 1 aromatic carbocycles. The van der Waals surface area contributed by atoms with Gasteiger partial charge in [-0.2, -0.15) is 5.10 Å². The van der Waals surface area contributed by atoms with Gasteiger partial charge in [-0.3, -0.25) is 9.48 Å². The summed E-state index contributed by atoms with van der Waals surface area (Å²) in [5.74, 6) is -2.01. The minimum absolute atomic E-state index is 0.0402. The zero-order valence-electron chi connectivity index (χ0n) is 12.9. The molecule has 1 saturated heterocycles. The lowest BCUT2D eigenvalue weighted by Crippen LogP contribution is -2.39. The van der Waals surface area contributed by atoms with Crippen LogP contribution in [0, 0.1) is 0 Å². The van der Waals surface area contributed by atoms with E-state index in [0.29, 0.717) is 16.3 Å². The summed E-state index contributed by atoms with van der Waals surface area (Å²) < 4.78 is 15.7. The highest BCUT2D eigenvalue weighted by Crippen LogP contribution is 2.32. The second-order valence-corrected chi connectivity index (χ2v) is 6.20. The molecular formula is C16H15ClFN3O3. The van der Waals surface area contributed by atoms with Crippen LogP contribution < -0.4 is 0 Å². The Kier molecular flexibility index (Phi) is 4.04. The van der Waals surface area contributed by atoms with Crippen LogP contribution in [-0.2, 0) is 11.8 Å². The third kappa shape index (κ3) is 2.75. The fraction of sp³-hybridized carbons (Fsp3) is 0.312. The van der Waals surface area contributed by atoms with E-state index in [4.69, 9.17) is 16.7 Å². The number of carbonyl (C=O) groups is 2. The standard InChI is InChI=1S/C16H15ClFN3O3/c1-20-8-11(13(19-20)10-4-2-3-5-12(10)17)14(22)21-7-6-16(18,9-21)15(23)24/h2-5,8H,6-7,9H2,1H3,(H,23,24). The topological polar surface area (TPSA) is 75.4 Å². The molecule has 2 heterocycles. The Morgan fingerprint density at radius 3 is 2.71 bits per heavy atom. The van der Waals surface area contributed by atoms with Crippen LogP contribution in [-0.4, -0.2) is 50.4 Å². The number of likely N-dealkylation sites (tertiary alicyclic amines) is 1. The van der Waals surface area contributed by atoms with Gasteiger partial charge in [0.2, 0.25) is 5.67 Å². The van der Waals surface area contributed by atoms with Crippen LogP contribution >= 0.6 is 11.6 Å². The number of aromatic nitrogens is 2. The molecule has 1 aromatic heterocycles. The van der Waals surface area contributed by atoms with E-state index in [9.17, 15) is 14.0 Å². The summed E-state index contributed by atoms with van der Waals surface area (Å²) in [5, 5.41) is 13.7. The molecule has 3 rings (SSSR count). The second-order valence-electron chi connectivity index (χ2n) is 5.79. The zero-order chi connectivity index (χ0) is 17.5. The molecule has 1 amide bonds. The molecule has 1 N–H and O–H groups in total. The number of carbonyl (C=O) groups excluding carboxylic acids is 1. The summed E-state index contributed by atoms with van der Waals surface area (Å²) >= 11 is 6.18. The molecule has 6 nitrogen and oxygen atoms in total. The highest BCUT2D eigenvalue weighted by Gasteiger charge is 2.47. The number of aliphatic carboxylic acids is 1. The van der Waals surface area contributed by atoms with Crippen molar-refractivity contribution in [1.82, 2.24) is 14.7 Å². The van der Waals surface area contributed by atoms with Gasteiger partial charge in [-0.25, -0.2) is 9.18 Å². The lowest BCUT2D eigenvalue weighted by Gasteiger charge is -2.17. The third-order valence-corrected chi connectivity index (χ3v) is 4.41. The normalized spacial score (nSPS) is 20.4. The first-order valence-electron chi connectivity index (χ1n) is 7.32. The van der Waals surface area contributed by atoms with Crippen LogP contribution in [0.25, 0.3) is 11.3 Å². The molecule has 1 atom stereocenters. The zero-order valence-corrected chi connectivity index (χ0v) is 13.6. The second kappa shape index (κ2) is 5.90. The van der Waals surface area contributed by atoms with Crippen molar-refractivity contribution in [3.63, 3.8) is 0 Å². The first-order valence-corrected chi connectivity index (χ1v) is 7.70. The van der Waals surface area contributed by atoms with Gasteiger partial charge in [-0.05, 0) is 6.07 Å². The van der Waals surface area contributed by atoms with E-state index in [0.717, 1.165) is 0 Å². The molecule has 1 unspecified atom stereocenters. The van der Waals surface area contributed by atoms with E-state index in [-0.39, 0.29) is 18.5 Å². The average Bonchev–Trinajstić information content (AvgIpc) is 3.11. The van der Waals surface area contributed by atoms with Crippen LogP contribution in [0.2, 0.25) is 5.02 Å². The van der Waals surface area contributed by atoms with Crippen LogP contribution in [0.15, 0.2) is 30.5 Å². The van der Waals surface area contributed by atoms with Crippen molar-refractivity contribution in [1.29, 1.82) is 0 Å². The molecule has 0 aliphatic carbocycles. The Hall–Kier alpha value is -2.41. The van der Waals surface area contributed by atoms with Gasteiger partial charge in [0.15, 0.2) is 0 Å². The van der Waals surface area contributed by atoms with Crippen LogP contribution in [0.1, 0.15) is 16.8 Å². The molecule has 0 radical (unpaired) electrons. The lowest BCUT2D eigenvalue weighted by molar-refractivity contribution is -0.149. The number of alkyl halides is 1. The number of nitrogens with zero attached hydrogens (tertiary/aromatic N) is 3. The van der Waals surface area contributed by atoms with Crippen molar-refractivity contribution in [3.05, 3.63) is 41.0 Å². The largest absolute Gasteiger partial charge is 0.479 e. The molecule has 24 heavy (non-hydrogen) atoms. The van der Waals surface area contributed by atoms with Gasteiger partial charge >= 0.3 is 5.97 Å². The SMILES string of the molecule is Cn1cc(C(=O)N2CCC(F)(C(=O)O)C2)c(-c2ccccc2Cl)n1. The van der Waals surface area contributed by atoms with Gasteiger partial charge in [0.05, 0.1) is 17.1 Å². The summed E-state index contributed by atoms with van der Waals surface area (Å²) in [7, 11) is 1.66. The minimum atomic E-state index is -2.40. The molecule has 1 aliphatic rings. The van der Waals surface area contributed by atoms with E-state index in [1.54, 1.807) is 31.3 Å². The van der Waals surface area contributed by atoms with E-state index in [1.807, 2.05) is 0 Å². The Bertz CT molecular complexity index is 823. The number of carboxylic acids is 1. The summed E-state index contributed by atoms with van der Waals surface area (Å²) in [6.45, 7) is -0.434. The average molecular weight is 352 g/mol. The number of aryl methyl sites for hydroxylation is 1. The van der Waals surface area contributed by atoms with Crippen molar-refractivity contribution in [2.75, 3.05) is 13.1 Å². The number of rotatable bonds is 3. The molecule has 1 aliphatic heterocycles. The number of carboxylic acid groups (broad SMARTS) is 1. The maximum Gasteiger partial charge on any atom is 0.343 e. The molecule has 1 fully saturated rings. The smallest absolute Gasteiger partial charge is 0.343 e. The third-order valence-electron chi connectivity index (χ3n) is 4.08. The first-order chi connectivity index (χ1) is 11.3. The molecule has 0 bridgehead atoms. The minimum Gasteiger partial charge on any atom is -0.479 e. The highest BCUT2D eigenvalue weighted by atomic mass is 35.5. The number of amides is 1. The Labute approximate surface area is 142 Å². The number of hydrogen-bond acceptors (Lipinski definition) is 3. The number of halogens is 2. The number of hydrogen-bond donors (Lipinski definition) is 1. The number of benzene rings is 1. The van der Waals surface area contributed by atoms with E-state index in [2.05, 4.69) is 5.10 Å². The summed E-state index contributed by atoms with van der Waals surface area (Å²) in [6.07, 6.45) is 1.30. The van der Waals surface area contributed by atoms with Gasteiger partial charge in [0.1, 0.15) is 5.69 Å². The van der Waals surface area contributed by atoms with Gasteiger partial charge in [0, 0.05) is 31.8 Å². The highest BCUT2D eigenvalue weighted by molar-refractivity contribution is 6.33. The summed E-state index contributed by atoms with van der Waals surface area (Å²) in [6, 6.07) is 6.97. The van der Waals surface area contributed by atoms with Crippen LogP contribution in [0.4, 0.5) is 4.39 Å². The summed E-state index contributed by atoms with van der Waals surface area (Å²) in [5.41, 5.74) is -1.16. The molecule has 2 aromatic rings. The molecule has 0 spiro atoms. The van der Waals surface area contributed by atoms with Crippen LogP contribution in [0.5, 0.6) is 0 Å². The van der Waals surface area contributed by atoms with Crippen molar-refractivity contribution in [2.45, 2.75) is 12.1 Å².